The number of ether oxygens (including phenoxy) is 3. The number of carbonyl (C=O) groups is 2. The summed E-state index contributed by atoms with van der Waals surface area (Å²) in [5.74, 6) is 0.414. The Kier molecular flexibility index (Phi) is 11.2. The molecule has 1 aliphatic rings. The second kappa shape index (κ2) is 15.2. The van der Waals surface area contributed by atoms with Crippen LogP contribution in [0, 0.1) is 0 Å². The topological polar surface area (TPSA) is 68.3 Å². The maximum atomic E-state index is 13.3. The standard InChI is InChI=1S/C34H42N2O5/c1-4-5-22-40-34(38)36(21-19-30-12-9-20-35(30)2)24-27(23-26-15-17-29(18-16-26)33(37)39-3)25-41-32-14-8-11-28-10-6-7-13-31(28)32/h6-8,10-11,13-18,23,30H,4-5,9,12,19-22,24-25H2,1-3H3/b27-23-/t30-/m1/s1. The first-order valence-corrected chi connectivity index (χ1v) is 14.6. The van der Waals surface area contributed by atoms with E-state index in [1.807, 2.05) is 47.4 Å². The van der Waals surface area contributed by atoms with Crippen molar-refractivity contribution in [1.82, 2.24) is 9.80 Å². The van der Waals surface area contributed by atoms with Crippen molar-refractivity contribution in [3.63, 3.8) is 0 Å². The van der Waals surface area contributed by atoms with Gasteiger partial charge in [-0.25, -0.2) is 9.59 Å². The number of hydrogen-bond donors (Lipinski definition) is 0. The molecule has 0 spiro atoms. The molecule has 3 aromatic carbocycles. The molecule has 0 radical (unpaired) electrons. The summed E-state index contributed by atoms with van der Waals surface area (Å²) in [4.78, 5) is 29.4. The lowest BCUT2D eigenvalue weighted by Crippen LogP contribution is -2.38. The molecule has 218 valence electrons. The first-order valence-electron chi connectivity index (χ1n) is 14.6. The second-order valence-corrected chi connectivity index (χ2v) is 10.6. The van der Waals surface area contributed by atoms with E-state index < -0.39 is 0 Å². The van der Waals surface area contributed by atoms with Crippen LogP contribution in [0.5, 0.6) is 5.75 Å². The van der Waals surface area contributed by atoms with Gasteiger partial charge in [0.15, 0.2) is 0 Å². The lowest BCUT2D eigenvalue weighted by molar-refractivity contribution is 0.0600. The van der Waals surface area contributed by atoms with E-state index in [0.29, 0.717) is 37.9 Å². The zero-order valence-electron chi connectivity index (χ0n) is 24.5. The minimum absolute atomic E-state index is 0.295. The van der Waals surface area contributed by atoms with Gasteiger partial charge in [-0.1, -0.05) is 68.0 Å². The highest BCUT2D eigenvalue weighted by molar-refractivity contribution is 5.89. The molecule has 1 saturated heterocycles. The third kappa shape index (κ3) is 8.57. The molecule has 7 nitrogen and oxygen atoms in total. The van der Waals surface area contributed by atoms with Crippen LogP contribution in [-0.2, 0) is 9.47 Å². The number of methoxy groups -OCH3 is 1. The fourth-order valence-corrected chi connectivity index (χ4v) is 5.22. The van der Waals surface area contributed by atoms with Crippen molar-refractivity contribution >= 4 is 28.9 Å². The van der Waals surface area contributed by atoms with Crippen LogP contribution in [0.1, 0.15) is 54.9 Å². The van der Waals surface area contributed by atoms with Gasteiger partial charge in [0.05, 0.1) is 19.3 Å². The molecule has 0 bridgehead atoms. The Morgan fingerprint density at radius 2 is 1.83 bits per heavy atom. The monoisotopic (exact) mass is 558 g/mol. The first kappa shape index (κ1) is 30.1. The molecule has 0 aliphatic carbocycles. The lowest BCUT2D eigenvalue weighted by atomic mass is 10.1. The summed E-state index contributed by atoms with van der Waals surface area (Å²) >= 11 is 0. The zero-order chi connectivity index (χ0) is 29.0. The van der Waals surface area contributed by atoms with Crippen LogP contribution in [0.2, 0.25) is 0 Å². The molecule has 3 aromatic rings. The summed E-state index contributed by atoms with van der Waals surface area (Å²) in [6.07, 6.45) is 6.76. The molecule has 7 heteroatoms. The van der Waals surface area contributed by atoms with Crippen LogP contribution in [0.15, 0.2) is 72.3 Å². The van der Waals surface area contributed by atoms with Gasteiger partial charge in [0.1, 0.15) is 12.4 Å². The number of hydrogen-bond acceptors (Lipinski definition) is 6. The third-order valence-corrected chi connectivity index (χ3v) is 7.64. The van der Waals surface area contributed by atoms with Gasteiger partial charge in [-0.2, -0.15) is 0 Å². The van der Waals surface area contributed by atoms with E-state index in [1.165, 1.54) is 13.5 Å². The molecule has 0 N–H and O–H groups in total. The Hall–Kier alpha value is -3.84. The number of unbranched alkanes of at least 4 members (excludes halogenated alkanes) is 1. The number of carbonyl (C=O) groups excluding carboxylic acids is 2. The Labute approximate surface area is 243 Å². The van der Waals surface area contributed by atoms with Gasteiger partial charge in [-0.05, 0) is 74.0 Å². The number of likely N-dealkylation sites (tertiary alicyclic amines) is 1. The summed E-state index contributed by atoms with van der Waals surface area (Å²) < 4.78 is 16.9. The highest BCUT2D eigenvalue weighted by atomic mass is 16.6. The van der Waals surface area contributed by atoms with Crippen molar-refractivity contribution in [1.29, 1.82) is 0 Å². The fourth-order valence-electron chi connectivity index (χ4n) is 5.22. The van der Waals surface area contributed by atoms with E-state index in [2.05, 4.69) is 37.1 Å². The van der Waals surface area contributed by atoms with Gasteiger partial charge in [0.2, 0.25) is 0 Å². The molecular formula is C34H42N2O5. The predicted octanol–water partition coefficient (Wildman–Crippen LogP) is 6.81. The molecule has 4 rings (SSSR count). The van der Waals surface area contributed by atoms with Crippen LogP contribution in [0.4, 0.5) is 4.79 Å². The molecule has 1 aliphatic heterocycles. The first-order chi connectivity index (χ1) is 20.0. The van der Waals surface area contributed by atoms with E-state index in [9.17, 15) is 9.59 Å². The molecule has 0 aromatic heterocycles. The number of fused-ring (bicyclic) bond motifs is 1. The summed E-state index contributed by atoms with van der Waals surface area (Å²) in [5.41, 5.74) is 2.32. The van der Waals surface area contributed by atoms with Crippen molar-refractivity contribution in [3.05, 3.63) is 83.4 Å². The predicted molar refractivity (Wildman–Crippen MR) is 163 cm³/mol. The Balaban J connectivity index is 1.58. The largest absolute Gasteiger partial charge is 0.489 e. The lowest BCUT2D eigenvalue weighted by Gasteiger charge is -2.27. The highest BCUT2D eigenvalue weighted by Gasteiger charge is 2.24. The molecular weight excluding hydrogens is 516 g/mol. The van der Waals surface area contributed by atoms with E-state index in [-0.39, 0.29) is 12.1 Å². The van der Waals surface area contributed by atoms with Crippen molar-refractivity contribution in [3.8, 4) is 5.75 Å². The van der Waals surface area contributed by atoms with Crippen LogP contribution in [-0.4, -0.2) is 74.9 Å². The van der Waals surface area contributed by atoms with Crippen molar-refractivity contribution in [2.24, 2.45) is 0 Å². The molecule has 1 fully saturated rings. The van der Waals surface area contributed by atoms with Crippen LogP contribution < -0.4 is 4.74 Å². The van der Waals surface area contributed by atoms with E-state index in [4.69, 9.17) is 14.2 Å². The normalized spacial score (nSPS) is 15.6. The highest BCUT2D eigenvalue weighted by Crippen LogP contribution is 2.26. The van der Waals surface area contributed by atoms with E-state index in [1.54, 1.807) is 12.1 Å². The van der Waals surface area contributed by atoms with Gasteiger partial charge in [0.25, 0.3) is 0 Å². The maximum Gasteiger partial charge on any atom is 0.410 e. The van der Waals surface area contributed by atoms with Gasteiger partial charge < -0.3 is 24.0 Å². The van der Waals surface area contributed by atoms with E-state index in [0.717, 1.165) is 59.9 Å². The average molecular weight is 559 g/mol. The maximum absolute atomic E-state index is 13.3. The van der Waals surface area contributed by atoms with Gasteiger partial charge in [-0.3, -0.25) is 0 Å². The molecule has 0 saturated carbocycles. The Morgan fingerprint density at radius 1 is 1.05 bits per heavy atom. The Morgan fingerprint density at radius 3 is 2.56 bits per heavy atom. The van der Waals surface area contributed by atoms with E-state index >= 15 is 0 Å². The average Bonchev–Trinajstić information content (AvgIpc) is 3.42. The number of esters is 1. The van der Waals surface area contributed by atoms with Gasteiger partial charge >= 0.3 is 12.1 Å². The van der Waals surface area contributed by atoms with Crippen molar-refractivity contribution in [2.45, 2.75) is 45.1 Å². The number of benzene rings is 3. The number of rotatable bonds is 13. The third-order valence-electron chi connectivity index (χ3n) is 7.64. The van der Waals surface area contributed by atoms with Crippen LogP contribution >= 0.6 is 0 Å². The summed E-state index contributed by atoms with van der Waals surface area (Å²) in [6.45, 7) is 4.87. The smallest absolute Gasteiger partial charge is 0.410 e. The molecule has 1 atom stereocenters. The van der Waals surface area contributed by atoms with Gasteiger partial charge in [0, 0.05) is 24.5 Å². The Bertz CT molecular complexity index is 1310. The van der Waals surface area contributed by atoms with Crippen molar-refractivity contribution in [2.75, 3.05) is 47.0 Å². The molecule has 1 heterocycles. The van der Waals surface area contributed by atoms with Gasteiger partial charge in [-0.15, -0.1) is 0 Å². The summed E-state index contributed by atoms with van der Waals surface area (Å²) in [6, 6.07) is 21.9. The molecule has 41 heavy (non-hydrogen) atoms. The SMILES string of the molecule is CCCCOC(=O)N(CC[C@H]1CCCN1C)C/C(=C/c1ccc(C(=O)OC)cc1)COc1cccc2ccccc12. The van der Waals surface area contributed by atoms with Crippen LogP contribution in [0.3, 0.4) is 0 Å². The fraction of sp³-hybridized carbons (Fsp3) is 0.412. The second-order valence-electron chi connectivity index (χ2n) is 10.6. The summed E-state index contributed by atoms with van der Waals surface area (Å²) in [5, 5.41) is 2.15. The number of amides is 1. The number of nitrogens with zero attached hydrogens (tertiary/aromatic N) is 2. The minimum Gasteiger partial charge on any atom is -0.489 e. The quantitative estimate of drug-likeness (QED) is 0.170. The zero-order valence-corrected chi connectivity index (χ0v) is 24.5. The minimum atomic E-state index is -0.377. The van der Waals surface area contributed by atoms with Crippen molar-refractivity contribution < 1.29 is 23.8 Å². The molecule has 0 unspecified atom stereocenters. The van der Waals surface area contributed by atoms with Crippen LogP contribution in [0.25, 0.3) is 16.8 Å². The summed E-state index contributed by atoms with van der Waals surface area (Å²) in [7, 11) is 3.53. The molecule has 1 amide bonds.